The minimum absolute atomic E-state index is 0.00553. The van der Waals surface area contributed by atoms with Gasteiger partial charge in [-0.05, 0) is 51.9 Å². The van der Waals surface area contributed by atoms with E-state index in [0.29, 0.717) is 17.9 Å². The van der Waals surface area contributed by atoms with Gasteiger partial charge in [-0.3, -0.25) is 14.9 Å². The number of nitrogens with zero attached hydrogens (tertiary/aromatic N) is 1. The molecule has 12 nitrogen and oxygen atoms in total. The fraction of sp³-hybridized carbons (Fsp3) is 0.594. The van der Waals surface area contributed by atoms with Crippen molar-refractivity contribution in [1.82, 2.24) is 10.6 Å². The van der Waals surface area contributed by atoms with Gasteiger partial charge in [0.15, 0.2) is 5.72 Å². The molecule has 3 heterocycles. The van der Waals surface area contributed by atoms with Crippen LogP contribution in [-0.4, -0.2) is 93.2 Å². The molecule has 4 rings (SSSR count). The summed E-state index contributed by atoms with van der Waals surface area (Å²) < 4.78 is 28.8. The van der Waals surface area contributed by atoms with Crippen LogP contribution in [0.3, 0.4) is 0 Å². The zero-order valence-corrected chi connectivity index (χ0v) is 27.8. The number of esters is 1. The number of nitrogens with one attached hydrogen (secondary N) is 2. The number of epoxide rings is 1. The van der Waals surface area contributed by atoms with Gasteiger partial charge >= 0.3 is 12.1 Å². The van der Waals surface area contributed by atoms with Crippen LogP contribution >= 0.6 is 11.6 Å². The first-order chi connectivity index (χ1) is 21.2. The molecule has 0 spiro atoms. The van der Waals surface area contributed by atoms with E-state index in [-0.39, 0.29) is 23.8 Å². The van der Waals surface area contributed by atoms with Crippen LogP contribution in [-0.2, 0) is 35.0 Å². The van der Waals surface area contributed by atoms with Gasteiger partial charge < -0.3 is 39.0 Å². The van der Waals surface area contributed by atoms with Gasteiger partial charge in [-0.1, -0.05) is 42.3 Å². The zero-order valence-electron chi connectivity index (χ0n) is 27.0. The van der Waals surface area contributed by atoms with E-state index >= 15 is 0 Å². The van der Waals surface area contributed by atoms with Crippen molar-refractivity contribution in [3.8, 4) is 5.75 Å². The van der Waals surface area contributed by atoms with Crippen molar-refractivity contribution in [2.24, 2.45) is 5.92 Å². The Kier molecular flexibility index (Phi) is 10.6. The van der Waals surface area contributed by atoms with Crippen molar-refractivity contribution in [2.75, 3.05) is 33.2 Å². The summed E-state index contributed by atoms with van der Waals surface area (Å²) in [4.78, 5) is 40.9. The molecule has 2 fully saturated rings. The van der Waals surface area contributed by atoms with Gasteiger partial charge in [0, 0.05) is 26.5 Å². The lowest BCUT2D eigenvalue weighted by Crippen LogP contribution is -2.63. The molecule has 13 heteroatoms. The number of fused-ring (bicyclic) bond motifs is 5. The molecule has 0 radical (unpaired) electrons. The summed E-state index contributed by atoms with van der Waals surface area (Å²) in [6.45, 7) is 7.17. The Hall–Kier alpha value is -3.16. The van der Waals surface area contributed by atoms with Crippen LogP contribution in [0, 0.1) is 5.92 Å². The molecule has 4 bridgehead atoms. The summed E-state index contributed by atoms with van der Waals surface area (Å²) in [5.74, 6) is -0.974. The molecule has 1 aromatic rings. The molecule has 0 saturated carbocycles. The molecule has 8 atom stereocenters. The van der Waals surface area contributed by atoms with Gasteiger partial charge in [0.2, 0.25) is 5.91 Å². The predicted molar refractivity (Wildman–Crippen MR) is 167 cm³/mol. The molecular weight excluding hydrogens is 606 g/mol. The van der Waals surface area contributed by atoms with Gasteiger partial charge in [-0.15, -0.1) is 0 Å². The van der Waals surface area contributed by atoms with Crippen LogP contribution in [0.4, 0.5) is 10.5 Å². The monoisotopic (exact) mass is 649 g/mol. The highest BCUT2D eigenvalue weighted by Crippen LogP contribution is 2.49. The number of hydrogen-bond acceptors (Lipinski definition) is 10. The molecule has 3 aliphatic heterocycles. The third-order valence-corrected chi connectivity index (χ3v) is 9.38. The molecule has 0 aliphatic carbocycles. The van der Waals surface area contributed by atoms with Gasteiger partial charge in [-0.25, -0.2) is 4.79 Å². The Morgan fingerprint density at radius 3 is 2.64 bits per heavy atom. The molecule has 1 aromatic carbocycles. The summed E-state index contributed by atoms with van der Waals surface area (Å²) in [6.07, 6.45) is 1.52. The maximum absolute atomic E-state index is 13.8. The number of anilines is 1. The topological polar surface area (TPSA) is 148 Å². The van der Waals surface area contributed by atoms with E-state index in [0.717, 1.165) is 11.1 Å². The van der Waals surface area contributed by atoms with Crippen LogP contribution in [0.15, 0.2) is 35.9 Å². The molecule has 0 unspecified atom stereocenters. The van der Waals surface area contributed by atoms with E-state index in [1.165, 1.54) is 19.1 Å². The standard InChI is InChI=1S/C32H44ClN3O9/c1-17-10-9-11-24(42-8)32(40)16-23(43-30(39)35-32)18(2)28-31(4,45-28)25(44-29(38)19(3)34-5)15-26(37)36(6)21-13-20(12-17)14-22(41-7)27(21)33/h9-11,13-14,18-19,23-25,28,34,40H,12,15-16H2,1-8H3,(H,35,39)/b11-9-,17-10-/t18-,19+,23+,24-,25+,28+,31+,32+/m1/s1. The molecule has 3 N–H and O–H groups in total. The van der Waals surface area contributed by atoms with Crippen molar-refractivity contribution >= 4 is 35.3 Å². The van der Waals surface area contributed by atoms with Gasteiger partial charge in [0.25, 0.3) is 0 Å². The number of likely N-dealkylation sites (N-methyl/N-ethyl adjacent to an activating group) is 1. The van der Waals surface area contributed by atoms with E-state index in [1.54, 1.807) is 46.2 Å². The van der Waals surface area contributed by atoms with Crippen molar-refractivity contribution in [3.05, 3.63) is 46.5 Å². The second-order valence-electron chi connectivity index (χ2n) is 12.2. The number of hydrogen-bond donors (Lipinski definition) is 3. The number of alkyl carbamates (subject to hydrolysis) is 1. The Morgan fingerprint density at radius 2 is 2.00 bits per heavy atom. The van der Waals surface area contributed by atoms with Crippen LogP contribution < -0.4 is 20.3 Å². The number of methoxy groups -OCH3 is 2. The molecular formula is C32H44ClN3O9. The summed E-state index contributed by atoms with van der Waals surface area (Å²) >= 11 is 6.69. The Balaban J connectivity index is 1.80. The summed E-state index contributed by atoms with van der Waals surface area (Å²) in [5.41, 5.74) is -0.646. The fourth-order valence-electron chi connectivity index (χ4n) is 5.97. The van der Waals surface area contributed by atoms with Gasteiger partial charge in [-0.2, -0.15) is 0 Å². The van der Waals surface area contributed by atoms with Crippen LogP contribution in [0.2, 0.25) is 5.02 Å². The highest BCUT2D eigenvalue weighted by atomic mass is 35.5. The highest BCUT2D eigenvalue weighted by molar-refractivity contribution is 6.35. The highest BCUT2D eigenvalue weighted by Gasteiger charge is 2.64. The Bertz CT molecular complexity index is 1370. The van der Waals surface area contributed by atoms with Crippen LogP contribution in [0.1, 0.15) is 46.1 Å². The van der Waals surface area contributed by atoms with Gasteiger partial charge in [0.05, 0.1) is 25.3 Å². The maximum Gasteiger partial charge on any atom is 0.409 e. The number of amides is 2. The van der Waals surface area contributed by atoms with E-state index in [2.05, 4.69) is 10.6 Å². The van der Waals surface area contributed by atoms with E-state index in [4.69, 9.17) is 35.3 Å². The smallest absolute Gasteiger partial charge is 0.409 e. The first-order valence-corrected chi connectivity index (χ1v) is 15.3. The third-order valence-electron chi connectivity index (χ3n) is 9.00. The zero-order chi connectivity index (χ0) is 33.3. The second kappa shape index (κ2) is 13.7. The van der Waals surface area contributed by atoms with Crippen molar-refractivity contribution in [2.45, 2.75) is 88.7 Å². The third kappa shape index (κ3) is 7.30. The minimum atomic E-state index is -1.78. The number of allylic oxidation sites excluding steroid dienone is 3. The first-order valence-electron chi connectivity index (χ1n) is 14.9. The molecule has 248 valence electrons. The number of aliphatic hydroxyl groups is 1. The normalized spacial score (nSPS) is 34.8. The van der Waals surface area contributed by atoms with E-state index in [1.807, 2.05) is 26.0 Å². The van der Waals surface area contributed by atoms with Gasteiger partial charge in [0.1, 0.15) is 40.7 Å². The molecule has 3 aliphatic rings. The molecule has 2 amide bonds. The number of ether oxygens (including phenoxy) is 5. The van der Waals surface area contributed by atoms with E-state index in [9.17, 15) is 19.5 Å². The number of carbonyl (C=O) groups excluding carboxylic acids is 3. The van der Waals surface area contributed by atoms with Crippen molar-refractivity contribution < 1.29 is 43.2 Å². The summed E-state index contributed by atoms with van der Waals surface area (Å²) in [5, 5.41) is 17.2. The number of rotatable bonds is 5. The second-order valence-corrected chi connectivity index (χ2v) is 12.6. The minimum Gasteiger partial charge on any atom is -0.495 e. The number of carbonyl (C=O) groups is 3. The van der Waals surface area contributed by atoms with Crippen LogP contribution in [0.25, 0.3) is 0 Å². The van der Waals surface area contributed by atoms with Crippen molar-refractivity contribution in [3.63, 3.8) is 0 Å². The average molecular weight is 650 g/mol. The Morgan fingerprint density at radius 1 is 1.29 bits per heavy atom. The lowest BCUT2D eigenvalue weighted by atomic mass is 9.83. The molecule has 45 heavy (non-hydrogen) atoms. The predicted octanol–water partition coefficient (Wildman–Crippen LogP) is 3.28. The maximum atomic E-state index is 13.8. The first kappa shape index (κ1) is 34.7. The quantitative estimate of drug-likeness (QED) is 0.321. The SMILES string of the molecule is CN[C@@H](C)C(=O)O[C@H]1CC(=O)N(C)c2cc(cc(OC)c2Cl)C/C(C)=C\C=C/[C@@H](OC)[C@@]2(O)C[C@H](OC(=O)N2)[C@@H](C)[C@@H]2O[C@@]12C. The average Bonchev–Trinajstić information content (AvgIpc) is 3.69. The summed E-state index contributed by atoms with van der Waals surface area (Å²) in [6, 6.07) is 2.99. The van der Waals surface area contributed by atoms with Crippen molar-refractivity contribution in [1.29, 1.82) is 0 Å². The fourth-order valence-corrected chi connectivity index (χ4v) is 6.28. The van der Waals surface area contributed by atoms with E-state index < -0.39 is 59.8 Å². The molecule has 0 aromatic heterocycles. The lowest BCUT2D eigenvalue weighted by Gasteiger charge is -2.42. The largest absolute Gasteiger partial charge is 0.495 e. The summed E-state index contributed by atoms with van der Waals surface area (Å²) in [7, 11) is 6.18. The Labute approximate surface area is 269 Å². The number of benzene rings is 1. The van der Waals surface area contributed by atoms with Crippen LogP contribution in [0.5, 0.6) is 5.75 Å². The molecule has 2 saturated heterocycles. The number of halogens is 1. The lowest BCUT2D eigenvalue weighted by molar-refractivity contribution is -0.155.